The van der Waals surface area contributed by atoms with Crippen molar-refractivity contribution >= 4 is 45.0 Å². The number of aryl methyl sites for hydroxylation is 1. The predicted molar refractivity (Wildman–Crippen MR) is 123 cm³/mol. The molecule has 0 bridgehead atoms. The van der Waals surface area contributed by atoms with Crippen LogP contribution in [0.15, 0.2) is 65.5 Å². The van der Waals surface area contributed by atoms with Gasteiger partial charge in [-0.2, -0.15) is 4.98 Å². The van der Waals surface area contributed by atoms with Gasteiger partial charge in [0.2, 0.25) is 21.9 Å². The summed E-state index contributed by atoms with van der Waals surface area (Å²) in [5.41, 5.74) is 1.64. The largest absolute Gasteiger partial charge is 0.427 e. The number of nitrogens with one attached hydrogen (secondary N) is 2. The Kier molecular flexibility index (Phi) is 5.92. The maximum absolute atomic E-state index is 12.9. The second kappa shape index (κ2) is 8.82. The monoisotopic (exact) mass is 467 g/mol. The van der Waals surface area contributed by atoms with E-state index in [9.17, 15) is 13.2 Å². The van der Waals surface area contributed by atoms with Crippen LogP contribution in [0.5, 0.6) is 0 Å². The van der Waals surface area contributed by atoms with Crippen LogP contribution in [0, 0.1) is 12.8 Å². The number of carbonyl (C=O) groups excluding carboxylic acids is 1. The zero-order valence-corrected chi connectivity index (χ0v) is 18.9. The molecule has 33 heavy (non-hydrogen) atoms. The van der Waals surface area contributed by atoms with Crippen LogP contribution in [0.4, 0.5) is 29.2 Å². The third kappa shape index (κ3) is 5.06. The zero-order chi connectivity index (χ0) is 23.6. The van der Waals surface area contributed by atoms with Crippen LogP contribution in [0.1, 0.15) is 12.5 Å². The first-order valence-electron chi connectivity index (χ1n) is 9.87. The highest BCUT2D eigenvalue weighted by molar-refractivity contribution is 7.92. The third-order valence-corrected chi connectivity index (χ3v) is 5.25. The average molecular weight is 468 g/mol. The molecule has 0 fully saturated rings. The Bertz CT molecular complexity index is 1330. The summed E-state index contributed by atoms with van der Waals surface area (Å²) in [6, 6.07) is 3.15. The number of anilines is 5. The first kappa shape index (κ1) is 22.1. The molecule has 0 amide bonds. The first-order chi connectivity index (χ1) is 15.7. The SMILES string of the molecule is Cc1cnc(Nc2ccc(NS(C)(=O)=O)nc2)nc1N(C1=CC=CC(C)C1=O)c1cnco1. The van der Waals surface area contributed by atoms with Gasteiger partial charge in [-0.1, -0.05) is 19.1 Å². The van der Waals surface area contributed by atoms with Crippen molar-refractivity contribution in [3.05, 3.63) is 66.6 Å². The van der Waals surface area contributed by atoms with E-state index >= 15 is 0 Å². The molecule has 2 N–H and O–H groups in total. The van der Waals surface area contributed by atoms with Gasteiger partial charge < -0.3 is 9.73 Å². The minimum absolute atomic E-state index is 0.0837. The highest BCUT2D eigenvalue weighted by Gasteiger charge is 2.29. The number of aromatic nitrogens is 4. The molecular formula is C21H21N7O4S. The van der Waals surface area contributed by atoms with E-state index in [1.165, 1.54) is 24.9 Å². The van der Waals surface area contributed by atoms with Crippen LogP contribution in [0.25, 0.3) is 0 Å². The number of pyridine rings is 1. The molecule has 3 aromatic rings. The van der Waals surface area contributed by atoms with Crippen molar-refractivity contribution in [3.8, 4) is 0 Å². The van der Waals surface area contributed by atoms with Crippen LogP contribution in [0.2, 0.25) is 0 Å². The molecule has 0 saturated carbocycles. The molecule has 11 nitrogen and oxygen atoms in total. The number of rotatable bonds is 7. The number of allylic oxidation sites excluding steroid dienone is 4. The summed E-state index contributed by atoms with van der Waals surface area (Å²) in [6.07, 6.45) is 12.2. The van der Waals surface area contributed by atoms with Crippen molar-refractivity contribution in [2.45, 2.75) is 13.8 Å². The molecule has 0 aliphatic heterocycles. The quantitative estimate of drug-likeness (QED) is 0.532. The number of hydrogen-bond acceptors (Lipinski definition) is 10. The van der Waals surface area contributed by atoms with E-state index in [1.807, 2.05) is 26.0 Å². The Morgan fingerprint density at radius 3 is 2.64 bits per heavy atom. The number of Topliss-reactive ketones (excluding diaryl/α,β-unsaturated/α-hetero) is 1. The molecule has 0 spiro atoms. The predicted octanol–water partition coefficient (Wildman–Crippen LogP) is 3.08. The Balaban J connectivity index is 1.67. The number of hydrogen-bond donors (Lipinski definition) is 2. The smallest absolute Gasteiger partial charge is 0.230 e. The molecule has 170 valence electrons. The van der Waals surface area contributed by atoms with Crippen LogP contribution in [0.3, 0.4) is 0 Å². The minimum atomic E-state index is -3.42. The topological polar surface area (TPSA) is 143 Å². The molecule has 0 radical (unpaired) electrons. The summed E-state index contributed by atoms with van der Waals surface area (Å²) in [7, 11) is -3.42. The molecule has 3 heterocycles. The molecule has 0 saturated heterocycles. The summed E-state index contributed by atoms with van der Waals surface area (Å²) < 4.78 is 30.5. The van der Waals surface area contributed by atoms with Crippen LogP contribution < -0.4 is 14.9 Å². The molecule has 1 aliphatic carbocycles. The Morgan fingerprint density at radius 2 is 1.97 bits per heavy atom. The molecule has 1 atom stereocenters. The Morgan fingerprint density at radius 1 is 1.15 bits per heavy atom. The molecule has 12 heteroatoms. The van der Waals surface area contributed by atoms with Gasteiger partial charge >= 0.3 is 0 Å². The Hall–Kier alpha value is -4.06. The molecule has 0 aromatic carbocycles. The van der Waals surface area contributed by atoms with Crippen molar-refractivity contribution in [3.63, 3.8) is 0 Å². The highest BCUT2D eigenvalue weighted by Crippen LogP contribution is 2.34. The van der Waals surface area contributed by atoms with E-state index in [2.05, 4.69) is 30.0 Å². The van der Waals surface area contributed by atoms with Gasteiger partial charge in [-0.3, -0.25) is 14.4 Å². The highest BCUT2D eigenvalue weighted by atomic mass is 32.2. The maximum atomic E-state index is 12.9. The van der Waals surface area contributed by atoms with Crippen molar-refractivity contribution < 1.29 is 17.6 Å². The van der Waals surface area contributed by atoms with Crippen molar-refractivity contribution in [1.29, 1.82) is 0 Å². The molecule has 1 aliphatic rings. The number of sulfonamides is 1. The van der Waals surface area contributed by atoms with Gasteiger partial charge in [-0.25, -0.2) is 23.4 Å². The van der Waals surface area contributed by atoms with E-state index in [0.29, 0.717) is 28.6 Å². The molecule has 4 rings (SSSR count). The summed E-state index contributed by atoms with van der Waals surface area (Å²) in [6.45, 7) is 3.64. The van der Waals surface area contributed by atoms with Gasteiger partial charge in [0.15, 0.2) is 12.2 Å². The maximum Gasteiger partial charge on any atom is 0.230 e. The molecular weight excluding hydrogens is 446 g/mol. The van der Waals surface area contributed by atoms with Gasteiger partial charge in [0.25, 0.3) is 0 Å². The van der Waals surface area contributed by atoms with Crippen molar-refractivity contribution in [2.75, 3.05) is 21.2 Å². The van der Waals surface area contributed by atoms with Gasteiger partial charge in [0.1, 0.15) is 11.6 Å². The van der Waals surface area contributed by atoms with E-state index in [-0.39, 0.29) is 23.5 Å². The van der Waals surface area contributed by atoms with Gasteiger partial charge in [0.05, 0.1) is 30.0 Å². The lowest BCUT2D eigenvalue weighted by Gasteiger charge is -2.26. The van der Waals surface area contributed by atoms with Crippen molar-refractivity contribution in [1.82, 2.24) is 19.9 Å². The van der Waals surface area contributed by atoms with Gasteiger partial charge in [-0.15, -0.1) is 0 Å². The van der Waals surface area contributed by atoms with Crippen molar-refractivity contribution in [2.24, 2.45) is 5.92 Å². The number of ketones is 1. The second-order valence-electron chi connectivity index (χ2n) is 7.40. The number of nitrogens with zero attached hydrogens (tertiary/aromatic N) is 5. The first-order valence-corrected chi connectivity index (χ1v) is 11.8. The lowest BCUT2D eigenvalue weighted by atomic mass is 9.97. The molecule has 1 unspecified atom stereocenters. The fourth-order valence-corrected chi connectivity index (χ4v) is 3.63. The average Bonchev–Trinajstić information content (AvgIpc) is 3.28. The van der Waals surface area contributed by atoms with Crippen LogP contribution in [-0.4, -0.2) is 40.4 Å². The van der Waals surface area contributed by atoms with Crippen LogP contribution >= 0.6 is 0 Å². The fourth-order valence-electron chi connectivity index (χ4n) is 3.12. The van der Waals surface area contributed by atoms with E-state index in [0.717, 1.165) is 6.26 Å². The van der Waals surface area contributed by atoms with Gasteiger partial charge in [0, 0.05) is 17.7 Å². The molecule has 3 aromatic heterocycles. The van der Waals surface area contributed by atoms with E-state index in [4.69, 9.17) is 4.42 Å². The summed E-state index contributed by atoms with van der Waals surface area (Å²) in [5.74, 6) is 0.838. The number of oxazole rings is 1. The van der Waals surface area contributed by atoms with Crippen LogP contribution in [-0.2, 0) is 14.8 Å². The van der Waals surface area contributed by atoms with Gasteiger partial charge in [-0.05, 0) is 25.1 Å². The minimum Gasteiger partial charge on any atom is -0.427 e. The lowest BCUT2D eigenvalue weighted by Crippen LogP contribution is -2.28. The summed E-state index contributed by atoms with van der Waals surface area (Å²) >= 11 is 0. The third-order valence-electron chi connectivity index (χ3n) is 4.67. The van der Waals surface area contributed by atoms with E-state index in [1.54, 1.807) is 23.2 Å². The Labute approximate surface area is 190 Å². The zero-order valence-electron chi connectivity index (χ0n) is 18.1. The second-order valence-corrected chi connectivity index (χ2v) is 9.14. The lowest BCUT2D eigenvalue weighted by molar-refractivity contribution is -0.117. The summed E-state index contributed by atoms with van der Waals surface area (Å²) in [4.78, 5) is 31.5. The summed E-state index contributed by atoms with van der Waals surface area (Å²) in [5, 5.41) is 3.03. The number of carbonyl (C=O) groups is 1. The standard InChI is InChI=1S/C21H21N7O4S/c1-13-5-4-6-16(19(13)29)28(18-11-22-12-32-18)20-14(2)9-24-21(26-20)25-15-7-8-17(23-10-15)27-33(3,30)31/h4-13H,1-3H3,(H,23,27)(H,24,25,26). The van der Waals surface area contributed by atoms with E-state index < -0.39 is 10.0 Å². The normalized spacial score (nSPS) is 15.8. The fraction of sp³-hybridized carbons (Fsp3) is 0.190.